The highest BCUT2D eigenvalue weighted by molar-refractivity contribution is 6.53. The van der Waals surface area contributed by atoms with Crippen LogP contribution in [0.4, 0.5) is 4.39 Å². The van der Waals surface area contributed by atoms with Crippen molar-refractivity contribution in [2.24, 2.45) is 17.8 Å². The van der Waals surface area contributed by atoms with E-state index >= 15 is 0 Å². The summed E-state index contributed by atoms with van der Waals surface area (Å²) in [5.74, 6) is -2.93. The summed E-state index contributed by atoms with van der Waals surface area (Å²) in [7, 11) is 0.284. The number of methoxy groups -OCH3 is 1. The number of ether oxygens (including phenoxy) is 1. The third kappa shape index (κ3) is 3.80. The molecule has 2 N–H and O–H groups in total. The Morgan fingerprint density at radius 2 is 1.94 bits per heavy atom. The number of halogens is 1. The summed E-state index contributed by atoms with van der Waals surface area (Å²) in [6.45, 7) is 0.249. The van der Waals surface area contributed by atoms with Crippen LogP contribution >= 0.6 is 0 Å². The Bertz CT molecular complexity index is 993. The molecule has 0 radical (unpaired) electrons. The van der Waals surface area contributed by atoms with Gasteiger partial charge in [0.1, 0.15) is 0 Å². The van der Waals surface area contributed by atoms with Crippen molar-refractivity contribution in [2.75, 3.05) is 13.7 Å². The number of hydrogen-bond acceptors (Lipinski definition) is 6. The van der Waals surface area contributed by atoms with Crippen LogP contribution in [-0.4, -0.2) is 53.7 Å². The normalized spacial score (nSPS) is 30.6. The van der Waals surface area contributed by atoms with E-state index in [1.54, 1.807) is 13.2 Å². The van der Waals surface area contributed by atoms with Gasteiger partial charge in [-0.3, -0.25) is 14.5 Å². The maximum atomic E-state index is 14.0. The second-order valence-corrected chi connectivity index (χ2v) is 9.70. The molecule has 2 heterocycles. The van der Waals surface area contributed by atoms with E-state index in [4.69, 9.17) is 9.39 Å². The number of carbonyl (C=O) groups is 2. The van der Waals surface area contributed by atoms with Crippen molar-refractivity contribution in [1.82, 2.24) is 4.90 Å². The molecule has 0 aromatic heterocycles. The van der Waals surface area contributed by atoms with Gasteiger partial charge in [-0.1, -0.05) is 25.3 Å². The molecule has 4 aliphatic rings. The second-order valence-electron chi connectivity index (χ2n) is 9.70. The Hall–Kier alpha value is -2.23. The zero-order valence-electron chi connectivity index (χ0n) is 18.7. The molecule has 2 amide bonds. The minimum absolute atomic E-state index is 0.0505. The predicted octanol–water partition coefficient (Wildman–Crippen LogP) is 2.91. The molecule has 2 saturated heterocycles. The molecule has 176 valence electrons. The Morgan fingerprint density at radius 1 is 1.18 bits per heavy atom. The lowest BCUT2D eigenvalue weighted by molar-refractivity contribution is -0.143. The number of allylic oxidation sites excluding steroid dienone is 1. The van der Waals surface area contributed by atoms with Crippen LogP contribution in [0, 0.1) is 23.6 Å². The molecule has 33 heavy (non-hydrogen) atoms. The smallest absolute Gasteiger partial charge is 0.487 e. The number of phenols is 1. The van der Waals surface area contributed by atoms with Crippen molar-refractivity contribution in [3.63, 3.8) is 0 Å². The van der Waals surface area contributed by atoms with Gasteiger partial charge in [-0.25, -0.2) is 4.39 Å². The summed E-state index contributed by atoms with van der Waals surface area (Å²) in [6, 6.07) is 3.94. The van der Waals surface area contributed by atoms with E-state index < -0.39 is 42.5 Å². The van der Waals surface area contributed by atoms with Gasteiger partial charge < -0.3 is 19.5 Å². The molecule has 3 fully saturated rings. The molecule has 9 heteroatoms. The van der Waals surface area contributed by atoms with Gasteiger partial charge in [0.25, 0.3) is 0 Å². The summed E-state index contributed by atoms with van der Waals surface area (Å²) in [4.78, 5) is 28.6. The summed E-state index contributed by atoms with van der Waals surface area (Å²) in [6.07, 6.45) is 4.87. The topological polar surface area (TPSA) is 96.3 Å². The van der Waals surface area contributed by atoms with Gasteiger partial charge in [0.05, 0.1) is 24.5 Å². The lowest BCUT2D eigenvalue weighted by Gasteiger charge is -2.42. The maximum absolute atomic E-state index is 14.0. The van der Waals surface area contributed by atoms with E-state index in [2.05, 4.69) is 0 Å². The van der Waals surface area contributed by atoms with Gasteiger partial charge in [-0.15, -0.1) is 0 Å². The van der Waals surface area contributed by atoms with E-state index in [0.29, 0.717) is 23.9 Å². The number of nitrogens with zero attached hydrogens (tertiary/aromatic N) is 1. The molecule has 1 aromatic carbocycles. The summed E-state index contributed by atoms with van der Waals surface area (Å²) < 4.78 is 25.2. The van der Waals surface area contributed by atoms with E-state index in [1.165, 1.54) is 17.0 Å². The van der Waals surface area contributed by atoms with E-state index in [1.807, 2.05) is 0 Å². The maximum Gasteiger partial charge on any atom is 0.487 e. The standard InChI is InChI=1S/C24H29BFNO6/c1-32-12-14-9-17-21(24(30)27(23(17)29)15-5-3-2-4-6-15)16-11-20(33-25(31)22(14)16)13-7-8-19(28)18(26)10-13/h7-8,10,15-17,20-21,28,31H,2-6,9,11-12H2,1H3/t16-,17-,20-,21+/m0/s1. The monoisotopic (exact) mass is 457 g/mol. The largest absolute Gasteiger partial charge is 0.505 e. The van der Waals surface area contributed by atoms with Crippen molar-refractivity contribution in [2.45, 2.75) is 57.1 Å². The van der Waals surface area contributed by atoms with Gasteiger partial charge >= 0.3 is 7.12 Å². The minimum atomic E-state index is -1.27. The zero-order valence-corrected chi connectivity index (χ0v) is 18.7. The van der Waals surface area contributed by atoms with Crippen LogP contribution in [0.15, 0.2) is 29.2 Å². The van der Waals surface area contributed by atoms with Crippen LogP contribution in [0.25, 0.3) is 0 Å². The lowest BCUT2D eigenvalue weighted by Crippen LogP contribution is -2.46. The average molecular weight is 457 g/mol. The van der Waals surface area contributed by atoms with Crippen LogP contribution in [0.5, 0.6) is 5.75 Å². The van der Waals surface area contributed by atoms with Gasteiger partial charge in [0, 0.05) is 13.2 Å². The highest BCUT2D eigenvalue weighted by Crippen LogP contribution is 2.52. The number of rotatable bonds is 4. The van der Waals surface area contributed by atoms with Crippen LogP contribution in [0.3, 0.4) is 0 Å². The number of carbonyl (C=O) groups excluding carboxylic acids is 2. The molecule has 2 aliphatic carbocycles. The molecule has 0 bridgehead atoms. The number of benzene rings is 1. The third-order valence-electron chi connectivity index (χ3n) is 7.85. The number of phenolic OH excluding ortho intramolecular Hbond substituents is 1. The van der Waals surface area contributed by atoms with Crippen LogP contribution in [-0.2, 0) is 19.0 Å². The van der Waals surface area contributed by atoms with Crippen molar-refractivity contribution in [3.05, 3.63) is 40.6 Å². The van der Waals surface area contributed by atoms with Gasteiger partial charge in [0.15, 0.2) is 11.6 Å². The van der Waals surface area contributed by atoms with Crippen molar-refractivity contribution >= 4 is 18.9 Å². The van der Waals surface area contributed by atoms with Crippen molar-refractivity contribution in [3.8, 4) is 5.75 Å². The summed E-state index contributed by atoms with van der Waals surface area (Å²) in [5, 5.41) is 20.5. The fourth-order valence-electron chi connectivity index (χ4n) is 6.38. The Morgan fingerprint density at radius 3 is 2.64 bits per heavy atom. The van der Waals surface area contributed by atoms with Crippen LogP contribution < -0.4 is 0 Å². The second kappa shape index (κ2) is 8.85. The first-order valence-corrected chi connectivity index (χ1v) is 11.8. The number of fused-ring (bicyclic) bond motifs is 3. The molecule has 2 aliphatic heterocycles. The Labute approximate surface area is 192 Å². The van der Waals surface area contributed by atoms with E-state index in [9.17, 15) is 24.1 Å². The number of hydrogen-bond donors (Lipinski definition) is 2. The van der Waals surface area contributed by atoms with Crippen molar-refractivity contribution in [1.29, 1.82) is 0 Å². The summed E-state index contributed by atoms with van der Waals surface area (Å²) >= 11 is 0. The predicted molar refractivity (Wildman–Crippen MR) is 117 cm³/mol. The Kier molecular flexibility index (Phi) is 6.05. The zero-order chi connectivity index (χ0) is 23.3. The molecular weight excluding hydrogens is 428 g/mol. The number of imide groups is 1. The Balaban J connectivity index is 1.50. The van der Waals surface area contributed by atoms with E-state index in [-0.39, 0.29) is 24.5 Å². The highest BCUT2D eigenvalue weighted by Gasteiger charge is 2.58. The fourth-order valence-corrected chi connectivity index (χ4v) is 6.38. The molecule has 5 rings (SSSR count). The molecule has 7 nitrogen and oxygen atoms in total. The molecular formula is C24H29BFNO6. The first kappa shape index (κ1) is 22.6. The quantitative estimate of drug-likeness (QED) is 0.533. The average Bonchev–Trinajstić information content (AvgIpc) is 3.06. The molecule has 0 spiro atoms. The van der Waals surface area contributed by atoms with Crippen molar-refractivity contribution < 1.29 is 33.5 Å². The fraction of sp³-hybridized carbons (Fsp3) is 0.583. The SMILES string of the molecule is COCC1=C2B(O)O[C@H](c3ccc(O)c(F)c3)C[C@H]2[C@H]2C(=O)N(C3CCCCC3)C(=O)[C@H]2C1. The first-order valence-electron chi connectivity index (χ1n) is 11.8. The summed E-state index contributed by atoms with van der Waals surface area (Å²) in [5.41, 5.74) is 1.90. The highest BCUT2D eigenvalue weighted by atomic mass is 19.1. The lowest BCUT2D eigenvalue weighted by atomic mass is 9.55. The molecule has 4 atom stereocenters. The van der Waals surface area contributed by atoms with Gasteiger partial charge in [-0.2, -0.15) is 0 Å². The van der Waals surface area contributed by atoms with Gasteiger partial charge in [-0.05, 0) is 60.3 Å². The third-order valence-corrected chi connectivity index (χ3v) is 7.85. The van der Waals surface area contributed by atoms with Gasteiger partial charge in [0.2, 0.25) is 11.8 Å². The number of aromatic hydroxyl groups is 1. The molecule has 1 saturated carbocycles. The number of amides is 2. The van der Waals surface area contributed by atoms with Crippen LogP contribution in [0.1, 0.15) is 56.6 Å². The minimum Gasteiger partial charge on any atom is -0.505 e. The number of likely N-dealkylation sites (tertiary alicyclic amines) is 1. The van der Waals surface area contributed by atoms with Crippen LogP contribution in [0.2, 0.25) is 0 Å². The molecule has 0 unspecified atom stereocenters. The van der Waals surface area contributed by atoms with E-state index in [0.717, 1.165) is 37.7 Å². The first-order chi connectivity index (χ1) is 15.9. The molecule has 1 aromatic rings.